The zero-order chi connectivity index (χ0) is 15.9. The molecule has 0 saturated heterocycles. The van der Waals surface area contributed by atoms with Crippen LogP contribution in [0.5, 0.6) is 0 Å². The standard InChI is InChI=1S/C14H24F3NO3/c1-3-21-12(19)13(2,18-11-5-6-11)8-10-20-9-4-7-14(15,16)17/h11,18H,3-10H2,1-2H3. The number of carbonyl (C=O) groups excluding carboxylic acids is 1. The van der Waals surface area contributed by atoms with E-state index in [2.05, 4.69) is 5.32 Å². The summed E-state index contributed by atoms with van der Waals surface area (Å²) in [7, 11) is 0. The van der Waals surface area contributed by atoms with Crippen molar-refractivity contribution in [3.05, 3.63) is 0 Å². The highest BCUT2D eigenvalue weighted by atomic mass is 19.4. The summed E-state index contributed by atoms with van der Waals surface area (Å²) in [6.07, 6.45) is -2.61. The Hall–Kier alpha value is -0.820. The van der Waals surface area contributed by atoms with E-state index in [1.165, 1.54) is 0 Å². The molecule has 1 fully saturated rings. The molecule has 0 aromatic rings. The molecule has 1 N–H and O–H groups in total. The average molecular weight is 311 g/mol. The minimum absolute atomic E-state index is 0.0435. The SMILES string of the molecule is CCOC(=O)C(C)(CCOCCCC(F)(F)F)NC1CC1. The Labute approximate surface area is 123 Å². The molecule has 1 rings (SSSR count). The van der Waals surface area contributed by atoms with Crippen molar-refractivity contribution in [2.75, 3.05) is 19.8 Å². The maximum absolute atomic E-state index is 12.0. The Morgan fingerprint density at radius 1 is 1.24 bits per heavy atom. The van der Waals surface area contributed by atoms with Crippen LogP contribution in [0.3, 0.4) is 0 Å². The molecule has 0 aromatic heterocycles. The largest absolute Gasteiger partial charge is 0.465 e. The maximum Gasteiger partial charge on any atom is 0.389 e. The lowest BCUT2D eigenvalue weighted by Crippen LogP contribution is -2.52. The molecule has 1 saturated carbocycles. The van der Waals surface area contributed by atoms with E-state index < -0.39 is 18.1 Å². The van der Waals surface area contributed by atoms with Gasteiger partial charge in [0.25, 0.3) is 0 Å². The van der Waals surface area contributed by atoms with Gasteiger partial charge in [0.05, 0.1) is 6.61 Å². The number of alkyl halides is 3. The molecule has 0 radical (unpaired) electrons. The first-order valence-corrected chi connectivity index (χ1v) is 7.36. The Bertz CT molecular complexity index is 332. The van der Waals surface area contributed by atoms with E-state index in [0.717, 1.165) is 12.8 Å². The molecule has 124 valence electrons. The fraction of sp³-hybridized carbons (Fsp3) is 0.929. The second-order valence-corrected chi connectivity index (χ2v) is 5.55. The summed E-state index contributed by atoms with van der Waals surface area (Å²) in [5, 5.41) is 3.23. The maximum atomic E-state index is 12.0. The molecule has 1 aliphatic rings. The van der Waals surface area contributed by atoms with Crippen LogP contribution < -0.4 is 5.32 Å². The molecule has 4 nitrogen and oxygen atoms in total. The molecule has 0 heterocycles. The number of esters is 1. The lowest BCUT2D eigenvalue weighted by molar-refractivity contribution is -0.151. The predicted molar refractivity (Wildman–Crippen MR) is 71.9 cm³/mol. The summed E-state index contributed by atoms with van der Waals surface area (Å²) in [5.74, 6) is -0.337. The monoisotopic (exact) mass is 311 g/mol. The van der Waals surface area contributed by atoms with Crippen molar-refractivity contribution in [1.82, 2.24) is 5.32 Å². The number of nitrogens with one attached hydrogen (secondary N) is 1. The van der Waals surface area contributed by atoms with E-state index >= 15 is 0 Å². The molecular formula is C14H24F3NO3. The highest BCUT2D eigenvalue weighted by molar-refractivity contribution is 5.80. The van der Waals surface area contributed by atoms with Gasteiger partial charge in [-0.25, -0.2) is 0 Å². The van der Waals surface area contributed by atoms with E-state index in [-0.39, 0.29) is 25.6 Å². The smallest absolute Gasteiger partial charge is 0.389 e. The van der Waals surface area contributed by atoms with Crippen LogP contribution in [0.4, 0.5) is 13.2 Å². The van der Waals surface area contributed by atoms with Crippen molar-refractivity contribution in [3.8, 4) is 0 Å². The second-order valence-electron chi connectivity index (χ2n) is 5.55. The van der Waals surface area contributed by atoms with Crippen molar-refractivity contribution in [2.24, 2.45) is 0 Å². The Morgan fingerprint density at radius 2 is 1.90 bits per heavy atom. The quantitative estimate of drug-likeness (QED) is 0.498. The zero-order valence-corrected chi connectivity index (χ0v) is 12.6. The van der Waals surface area contributed by atoms with Crippen LogP contribution in [0.1, 0.15) is 46.0 Å². The van der Waals surface area contributed by atoms with Crippen LogP contribution in [0.2, 0.25) is 0 Å². The highest BCUT2D eigenvalue weighted by Gasteiger charge is 2.39. The first kappa shape index (κ1) is 18.2. The molecule has 0 amide bonds. The summed E-state index contributed by atoms with van der Waals surface area (Å²) in [6.45, 7) is 4.06. The molecule has 1 aliphatic carbocycles. The van der Waals surface area contributed by atoms with Gasteiger partial charge in [0.1, 0.15) is 5.54 Å². The molecule has 0 spiro atoms. The summed E-state index contributed by atoms with van der Waals surface area (Å²) in [5.41, 5.74) is -0.832. The number of hydrogen-bond donors (Lipinski definition) is 1. The first-order chi connectivity index (χ1) is 9.77. The van der Waals surface area contributed by atoms with Gasteiger partial charge in [0, 0.05) is 25.7 Å². The van der Waals surface area contributed by atoms with Gasteiger partial charge in [-0.2, -0.15) is 13.2 Å². The Morgan fingerprint density at radius 3 is 2.43 bits per heavy atom. The third kappa shape index (κ3) is 7.66. The van der Waals surface area contributed by atoms with Gasteiger partial charge in [-0.3, -0.25) is 10.1 Å². The molecular weight excluding hydrogens is 287 g/mol. The Balaban J connectivity index is 2.27. The number of rotatable bonds is 10. The summed E-state index contributed by atoms with van der Waals surface area (Å²) >= 11 is 0. The Kier molecular flexibility index (Phi) is 6.93. The van der Waals surface area contributed by atoms with Gasteiger partial charge in [-0.15, -0.1) is 0 Å². The van der Waals surface area contributed by atoms with Gasteiger partial charge < -0.3 is 9.47 Å². The lowest BCUT2D eigenvalue weighted by Gasteiger charge is -2.28. The van der Waals surface area contributed by atoms with E-state index in [0.29, 0.717) is 19.1 Å². The van der Waals surface area contributed by atoms with Gasteiger partial charge in [0.15, 0.2) is 0 Å². The van der Waals surface area contributed by atoms with Gasteiger partial charge in [-0.05, 0) is 39.5 Å². The van der Waals surface area contributed by atoms with Crippen LogP contribution in [-0.2, 0) is 14.3 Å². The van der Waals surface area contributed by atoms with Crippen LogP contribution in [0.15, 0.2) is 0 Å². The number of hydrogen-bond acceptors (Lipinski definition) is 4. The predicted octanol–water partition coefficient (Wildman–Crippen LogP) is 2.81. The van der Waals surface area contributed by atoms with Crippen molar-refractivity contribution in [3.63, 3.8) is 0 Å². The number of ether oxygens (including phenoxy) is 2. The van der Waals surface area contributed by atoms with Crippen LogP contribution in [0.25, 0.3) is 0 Å². The highest BCUT2D eigenvalue weighted by Crippen LogP contribution is 2.25. The average Bonchev–Trinajstić information content (AvgIpc) is 3.16. The normalized spacial score (nSPS) is 18.3. The molecule has 21 heavy (non-hydrogen) atoms. The summed E-state index contributed by atoms with van der Waals surface area (Å²) in [4.78, 5) is 12.0. The zero-order valence-electron chi connectivity index (χ0n) is 12.6. The molecule has 0 aliphatic heterocycles. The summed E-state index contributed by atoms with van der Waals surface area (Å²) < 4.78 is 46.2. The van der Waals surface area contributed by atoms with E-state index in [1.807, 2.05) is 0 Å². The van der Waals surface area contributed by atoms with Crippen LogP contribution in [-0.4, -0.2) is 43.5 Å². The number of halogens is 3. The van der Waals surface area contributed by atoms with Crippen molar-refractivity contribution in [2.45, 2.75) is 63.7 Å². The second kappa shape index (κ2) is 7.98. The van der Waals surface area contributed by atoms with Crippen molar-refractivity contribution >= 4 is 5.97 Å². The fourth-order valence-corrected chi connectivity index (χ4v) is 1.95. The summed E-state index contributed by atoms with van der Waals surface area (Å²) in [6, 6.07) is 0.324. The van der Waals surface area contributed by atoms with Crippen LogP contribution in [0, 0.1) is 0 Å². The van der Waals surface area contributed by atoms with Crippen molar-refractivity contribution < 1.29 is 27.4 Å². The third-order valence-electron chi connectivity index (χ3n) is 3.32. The lowest BCUT2D eigenvalue weighted by atomic mass is 9.98. The van der Waals surface area contributed by atoms with Crippen LogP contribution >= 0.6 is 0 Å². The molecule has 1 atom stereocenters. The molecule has 7 heteroatoms. The fourth-order valence-electron chi connectivity index (χ4n) is 1.95. The van der Waals surface area contributed by atoms with E-state index in [1.54, 1.807) is 13.8 Å². The molecule has 0 bridgehead atoms. The van der Waals surface area contributed by atoms with Crippen molar-refractivity contribution in [1.29, 1.82) is 0 Å². The van der Waals surface area contributed by atoms with Gasteiger partial charge in [0.2, 0.25) is 0 Å². The number of carbonyl (C=O) groups is 1. The minimum atomic E-state index is -4.14. The third-order valence-corrected chi connectivity index (χ3v) is 3.32. The van der Waals surface area contributed by atoms with Gasteiger partial charge in [-0.1, -0.05) is 0 Å². The minimum Gasteiger partial charge on any atom is -0.465 e. The molecule has 1 unspecified atom stereocenters. The first-order valence-electron chi connectivity index (χ1n) is 7.36. The topological polar surface area (TPSA) is 47.6 Å². The van der Waals surface area contributed by atoms with E-state index in [4.69, 9.17) is 9.47 Å². The van der Waals surface area contributed by atoms with Gasteiger partial charge >= 0.3 is 12.1 Å². The van der Waals surface area contributed by atoms with E-state index in [9.17, 15) is 18.0 Å². The molecule has 0 aromatic carbocycles.